The number of fused-ring (bicyclic) bond motifs is 1. The molecule has 70 valence electrons. The van der Waals surface area contributed by atoms with Crippen LogP contribution in [0.1, 0.15) is 29.4 Å². The molecule has 1 aromatic rings. The van der Waals surface area contributed by atoms with Gasteiger partial charge in [-0.3, -0.25) is 0 Å². The minimum atomic E-state index is 0.626. The number of hydrogen-bond acceptors (Lipinski definition) is 3. The van der Waals surface area contributed by atoms with Gasteiger partial charge in [-0.25, -0.2) is 9.97 Å². The molecule has 0 fully saturated rings. The third kappa shape index (κ3) is 1.56. The van der Waals surface area contributed by atoms with Crippen LogP contribution in [0.15, 0.2) is 6.20 Å². The molecule has 0 aliphatic heterocycles. The summed E-state index contributed by atoms with van der Waals surface area (Å²) in [5, 5.41) is 3.21. The van der Waals surface area contributed by atoms with Crippen LogP contribution in [0.25, 0.3) is 0 Å². The molecule has 1 aromatic heterocycles. The van der Waals surface area contributed by atoms with Crippen LogP contribution in [0, 0.1) is 6.92 Å². The minimum absolute atomic E-state index is 0.626. The number of rotatable bonds is 2. The predicted molar refractivity (Wildman–Crippen MR) is 51.8 cm³/mol. The van der Waals surface area contributed by atoms with E-state index in [9.17, 15) is 0 Å². The lowest BCUT2D eigenvalue weighted by Crippen LogP contribution is -2.15. The van der Waals surface area contributed by atoms with E-state index in [0.29, 0.717) is 5.92 Å². The van der Waals surface area contributed by atoms with Crippen molar-refractivity contribution in [2.24, 2.45) is 0 Å². The molecule has 2 rings (SSSR count). The third-order valence-corrected chi connectivity index (χ3v) is 2.64. The maximum atomic E-state index is 4.45. The molecule has 1 unspecified atom stereocenters. The molecule has 1 heterocycles. The first-order valence-corrected chi connectivity index (χ1v) is 4.78. The Morgan fingerprint density at radius 1 is 1.62 bits per heavy atom. The van der Waals surface area contributed by atoms with Crippen LogP contribution in [0.4, 0.5) is 0 Å². The van der Waals surface area contributed by atoms with Gasteiger partial charge < -0.3 is 5.32 Å². The summed E-state index contributed by atoms with van der Waals surface area (Å²) >= 11 is 0. The van der Waals surface area contributed by atoms with Gasteiger partial charge in [-0.15, -0.1) is 0 Å². The SMILES string of the molecule is CNCC1CCc2nc(C)ncc21. The van der Waals surface area contributed by atoms with Crippen LogP contribution in [0.2, 0.25) is 0 Å². The molecule has 0 aromatic carbocycles. The van der Waals surface area contributed by atoms with E-state index in [-0.39, 0.29) is 0 Å². The zero-order valence-electron chi connectivity index (χ0n) is 8.17. The molecule has 3 heteroatoms. The maximum absolute atomic E-state index is 4.45. The molecule has 3 nitrogen and oxygen atoms in total. The van der Waals surface area contributed by atoms with E-state index in [1.54, 1.807) is 0 Å². The molecule has 1 N–H and O–H groups in total. The summed E-state index contributed by atoms with van der Waals surface area (Å²) in [6, 6.07) is 0. The highest BCUT2D eigenvalue weighted by Crippen LogP contribution is 2.30. The van der Waals surface area contributed by atoms with E-state index in [4.69, 9.17) is 0 Å². The summed E-state index contributed by atoms with van der Waals surface area (Å²) in [6.45, 7) is 2.99. The summed E-state index contributed by atoms with van der Waals surface area (Å²) in [5.74, 6) is 1.52. The molecule has 1 atom stereocenters. The van der Waals surface area contributed by atoms with Crippen molar-refractivity contribution >= 4 is 0 Å². The fourth-order valence-corrected chi connectivity index (χ4v) is 1.99. The highest BCUT2D eigenvalue weighted by atomic mass is 14.9. The summed E-state index contributed by atoms with van der Waals surface area (Å²) in [5.41, 5.74) is 2.60. The third-order valence-electron chi connectivity index (χ3n) is 2.64. The van der Waals surface area contributed by atoms with Crippen molar-refractivity contribution in [3.63, 3.8) is 0 Å². The highest BCUT2D eigenvalue weighted by molar-refractivity contribution is 5.27. The first-order chi connectivity index (χ1) is 6.31. The lowest BCUT2D eigenvalue weighted by Gasteiger charge is -2.09. The number of nitrogens with one attached hydrogen (secondary N) is 1. The topological polar surface area (TPSA) is 37.8 Å². The monoisotopic (exact) mass is 177 g/mol. The summed E-state index contributed by atoms with van der Waals surface area (Å²) < 4.78 is 0. The Balaban J connectivity index is 2.27. The van der Waals surface area contributed by atoms with Crippen molar-refractivity contribution in [3.05, 3.63) is 23.3 Å². The molecule has 0 amide bonds. The van der Waals surface area contributed by atoms with Gasteiger partial charge in [0.2, 0.25) is 0 Å². The molecule has 13 heavy (non-hydrogen) atoms. The predicted octanol–water partition coefficient (Wildman–Crippen LogP) is 1.03. The Morgan fingerprint density at radius 2 is 2.46 bits per heavy atom. The van der Waals surface area contributed by atoms with E-state index in [0.717, 1.165) is 18.8 Å². The Labute approximate surface area is 78.6 Å². The average Bonchev–Trinajstić information content (AvgIpc) is 2.49. The lowest BCUT2D eigenvalue weighted by atomic mass is 10.0. The second-order valence-corrected chi connectivity index (χ2v) is 3.61. The molecular formula is C10H15N3. The number of likely N-dealkylation sites (N-methyl/N-ethyl adjacent to an activating group) is 1. The van der Waals surface area contributed by atoms with Crippen molar-refractivity contribution in [1.29, 1.82) is 0 Å². The Hall–Kier alpha value is -0.960. The van der Waals surface area contributed by atoms with Gasteiger partial charge in [0.1, 0.15) is 5.82 Å². The summed E-state index contributed by atoms with van der Waals surface area (Å²) in [6.07, 6.45) is 4.33. The van der Waals surface area contributed by atoms with Gasteiger partial charge in [-0.1, -0.05) is 0 Å². The fourth-order valence-electron chi connectivity index (χ4n) is 1.99. The summed E-state index contributed by atoms with van der Waals surface area (Å²) in [7, 11) is 1.99. The second kappa shape index (κ2) is 3.42. The van der Waals surface area contributed by atoms with E-state index >= 15 is 0 Å². The zero-order valence-corrected chi connectivity index (χ0v) is 8.17. The number of aromatic nitrogens is 2. The van der Waals surface area contributed by atoms with Gasteiger partial charge in [-0.2, -0.15) is 0 Å². The first kappa shape index (κ1) is 8.63. The molecule has 1 aliphatic rings. The summed E-state index contributed by atoms with van der Waals surface area (Å²) in [4.78, 5) is 8.69. The van der Waals surface area contributed by atoms with Crippen LogP contribution in [0.3, 0.4) is 0 Å². The smallest absolute Gasteiger partial charge is 0.125 e. The number of hydrogen-bond donors (Lipinski definition) is 1. The van der Waals surface area contributed by atoms with Crippen LogP contribution < -0.4 is 5.32 Å². The molecule has 0 spiro atoms. The minimum Gasteiger partial charge on any atom is -0.319 e. The van der Waals surface area contributed by atoms with Gasteiger partial charge in [0.05, 0.1) is 0 Å². The highest BCUT2D eigenvalue weighted by Gasteiger charge is 2.23. The van der Waals surface area contributed by atoms with Crippen LogP contribution >= 0.6 is 0 Å². The van der Waals surface area contributed by atoms with Crippen LogP contribution in [0.5, 0.6) is 0 Å². The van der Waals surface area contributed by atoms with Gasteiger partial charge in [0.25, 0.3) is 0 Å². The van der Waals surface area contributed by atoms with Crippen molar-refractivity contribution < 1.29 is 0 Å². The van der Waals surface area contributed by atoms with Crippen molar-refractivity contribution in [2.75, 3.05) is 13.6 Å². The fraction of sp³-hybridized carbons (Fsp3) is 0.600. The quantitative estimate of drug-likeness (QED) is 0.733. The number of nitrogens with zero attached hydrogens (tertiary/aromatic N) is 2. The Morgan fingerprint density at radius 3 is 3.23 bits per heavy atom. The molecular weight excluding hydrogens is 162 g/mol. The number of aryl methyl sites for hydroxylation is 2. The van der Waals surface area contributed by atoms with E-state index in [1.807, 2.05) is 20.2 Å². The van der Waals surface area contributed by atoms with Gasteiger partial charge in [-0.05, 0) is 32.4 Å². The molecule has 0 bridgehead atoms. The Kier molecular flexibility index (Phi) is 2.27. The van der Waals surface area contributed by atoms with E-state index < -0.39 is 0 Å². The average molecular weight is 177 g/mol. The maximum Gasteiger partial charge on any atom is 0.125 e. The zero-order chi connectivity index (χ0) is 9.26. The van der Waals surface area contributed by atoms with Crippen molar-refractivity contribution in [2.45, 2.75) is 25.7 Å². The van der Waals surface area contributed by atoms with Crippen molar-refractivity contribution in [1.82, 2.24) is 15.3 Å². The van der Waals surface area contributed by atoms with Crippen molar-refractivity contribution in [3.8, 4) is 0 Å². The van der Waals surface area contributed by atoms with E-state index in [2.05, 4.69) is 15.3 Å². The van der Waals surface area contributed by atoms with Crippen LogP contribution in [-0.2, 0) is 6.42 Å². The van der Waals surface area contributed by atoms with E-state index in [1.165, 1.54) is 17.7 Å². The molecule has 0 saturated carbocycles. The van der Waals surface area contributed by atoms with Gasteiger partial charge >= 0.3 is 0 Å². The van der Waals surface area contributed by atoms with Gasteiger partial charge in [0, 0.05) is 24.4 Å². The second-order valence-electron chi connectivity index (χ2n) is 3.61. The normalized spacial score (nSPS) is 20.3. The van der Waals surface area contributed by atoms with Crippen LogP contribution in [-0.4, -0.2) is 23.6 Å². The largest absolute Gasteiger partial charge is 0.319 e. The molecule has 0 radical (unpaired) electrons. The van der Waals surface area contributed by atoms with Gasteiger partial charge in [0.15, 0.2) is 0 Å². The molecule has 1 aliphatic carbocycles. The first-order valence-electron chi connectivity index (χ1n) is 4.78. The standard InChI is InChI=1S/C10H15N3/c1-7-12-6-9-8(5-11-2)3-4-10(9)13-7/h6,8,11H,3-5H2,1-2H3. The molecule has 0 saturated heterocycles. The lowest BCUT2D eigenvalue weighted by molar-refractivity contribution is 0.622. The Bertz CT molecular complexity index is 309.